The molecule has 3 fully saturated rings. The minimum absolute atomic E-state index is 0.0105. The standard InChI is InChI=1S/C17H33N3O/c1-2-18-17(14-21)8-5-6-15(12-17)20-11-7-16(13-20)19-9-3-4-10-19/h15-16,18,21H,2-14H2,1H3. The molecule has 3 rings (SSSR count). The predicted octanol–water partition coefficient (Wildman–Crippen LogP) is 1.44. The second-order valence-corrected chi connectivity index (χ2v) is 7.40. The number of nitrogens with zero attached hydrogens (tertiary/aromatic N) is 2. The maximum atomic E-state index is 9.87. The summed E-state index contributed by atoms with van der Waals surface area (Å²) in [5, 5.41) is 13.4. The molecule has 0 amide bonds. The molecule has 2 aliphatic heterocycles. The topological polar surface area (TPSA) is 38.7 Å². The normalized spacial score (nSPS) is 39.1. The Morgan fingerprint density at radius 3 is 2.57 bits per heavy atom. The van der Waals surface area contributed by atoms with E-state index in [1.165, 1.54) is 58.3 Å². The minimum Gasteiger partial charge on any atom is -0.394 e. The summed E-state index contributed by atoms with van der Waals surface area (Å²) >= 11 is 0. The third kappa shape index (κ3) is 3.44. The lowest BCUT2D eigenvalue weighted by molar-refractivity contribution is 0.0668. The number of aliphatic hydroxyl groups excluding tert-OH is 1. The summed E-state index contributed by atoms with van der Waals surface area (Å²) in [4.78, 5) is 5.44. The quantitative estimate of drug-likeness (QED) is 0.805. The average Bonchev–Trinajstić information content (AvgIpc) is 3.19. The molecule has 2 heterocycles. The van der Waals surface area contributed by atoms with Gasteiger partial charge in [0.05, 0.1) is 6.61 Å². The van der Waals surface area contributed by atoms with E-state index in [1.807, 2.05) is 0 Å². The number of likely N-dealkylation sites (N-methyl/N-ethyl adjacent to an activating group) is 1. The van der Waals surface area contributed by atoms with Crippen molar-refractivity contribution < 1.29 is 5.11 Å². The molecule has 2 saturated heterocycles. The maximum Gasteiger partial charge on any atom is 0.0613 e. The second kappa shape index (κ2) is 6.95. The molecule has 3 aliphatic rings. The van der Waals surface area contributed by atoms with Crippen molar-refractivity contribution in [3.63, 3.8) is 0 Å². The van der Waals surface area contributed by atoms with E-state index in [2.05, 4.69) is 22.0 Å². The van der Waals surface area contributed by atoms with Gasteiger partial charge in [-0.05, 0) is 64.6 Å². The van der Waals surface area contributed by atoms with Crippen molar-refractivity contribution in [2.45, 2.75) is 69.5 Å². The largest absolute Gasteiger partial charge is 0.394 e. The van der Waals surface area contributed by atoms with Crippen LogP contribution in [0.1, 0.15) is 51.9 Å². The van der Waals surface area contributed by atoms with Crippen molar-refractivity contribution in [3.8, 4) is 0 Å². The summed E-state index contributed by atoms with van der Waals surface area (Å²) in [7, 11) is 0. The first-order valence-electron chi connectivity index (χ1n) is 9.10. The first kappa shape index (κ1) is 15.7. The lowest BCUT2D eigenvalue weighted by Gasteiger charge is -2.43. The zero-order chi connectivity index (χ0) is 14.7. The molecule has 1 saturated carbocycles. The molecule has 3 atom stereocenters. The molecule has 0 bridgehead atoms. The van der Waals surface area contributed by atoms with Gasteiger partial charge in [0.25, 0.3) is 0 Å². The Bertz CT molecular complexity index is 328. The van der Waals surface area contributed by atoms with Gasteiger partial charge in [0, 0.05) is 30.7 Å². The van der Waals surface area contributed by atoms with Gasteiger partial charge in [-0.15, -0.1) is 0 Å². The van der Waals surface area contributed by atoms with Crippen LogP contribution in [0.2, 0.25) is 0 Å². The fourth-order valence-electron chi connectivity index (χ4n) is 4.88. The summed E-state index contributed by atoms with van der Waals surface area (Å²) in [6.45, 7) is 8.57. The van der Waals surface area contributed by atoms with Gasteiger partial charge in [-0.2, -0.15) is 0 Å². The molecule has 4 heteroatoms. The minimum atomic E-state index is -0.0105. The van der Waals surface area contributed by atoms with E-state index >= 15 is 0 Å². The number of nitrogens with one attached hydrogen (secondary N) is 1. The zero-order valence-corrected chi connectivity index (χ0v) is 13.7. The first-order valence-corrected chi connectivity index (χ1v) is 9.10. The molecule has 0 spiro atoms. The van der Waals surface area contributed by atoms with E-state index in [1.54, 1.807) is 0 Å². The van der Waals surface area contributed by atoms with Gasteiger partial charge in [-0.25, -0.2) is 0 Å². The summed E-state index contributed by atoms with van der Waals surface area (Å²) in [5.74, 6) is 0. The zero-order valence-electron chi connectivity index (χ0n) is 13.7. The van der Waals surface area contributed by atoms with Crippen LogP contribution < -0.4 is 5.32 Å². The van der Waals surface area contributed by atoms with Crippen LogP contribution in [-0.4, -0.2) is 71.9 Å². The van der Waals surface area contributed by atoms with E-state index in [0.717, 1.165) is 25.4 Å². The van der Waals surface area contributed by atoms with Crippen molar-refractivity contribution in [2.24, 2.45) is 0 Å². The van der Waals surface area contributed by atoms with Crippen LogP contribution in [-0.2, 0) is 0 Å². The summed E-state index contributed by atoms with van der Waals surface area (Å²) < 4.78 is 0. The van der Waals surface area contributed by atoms with E-state index in [4.69, 9.17) is 0 Å². The Kier molecular flexibility index (Phi) is 5.20. The van der Waals surface area contributed by atoms with Gasteiger partial charge >= 0.3 is 0 Å². The monoisotopic (exact) mass is 295 g/mol. The van der Waals surface area contributed by atoms with Gasteiger partial charge in [0.1, 0.15) is 0 Å². The van der Waals surface area contributed by atoms with Crippen LogP contribution in [0, 0.1) is 0 Å². The SMILES string of the molecule is CCNC1(CO)CCCC(N2CCC(N3CCCC3)C2)C1. The molecule has 0 aromatic heterocycles. The van der Waals surface area contributed by atoms with Crippen molar-refractivity contribution in [2.75, 3.05) is 39.3 Å². The lowest BCUT2D eigenvalue weighted by atomic mass is 9.79. The Morgan fingerprint density at radius 1 is 1.05 bits per heavy atom. The van der Waals surface area contributed by atoms with Gasteiger partial charge in [-0.1, -0.05) is 6.92 Å². The lowest BCUT2D eigenvalue weighted by Crippen LogP contribution is -2.55. The Hall–Kier alpha value is -0.160. The summed E-state index contributed by atoms with van der Waals surface area (Å²) in [6.07, 6.45) is 8.98. The molecule has 2 N–H and O–H groups in total. The van der Waals surface area contributed by atoms with Crippen LogP contribution in [0.15, 0.2) is 0 Å². The van der Waals surface area contributed by atoms with Gasteiger partial charge in [0.2, 0.25) is 0 Å². The molecule has 21 heavy (non-hydrogen) atoms. The highest BCUT2D eigenvalue weighted by Crippen LogP contribution is 2.33. The third-order valence-electron chi connectivity index (χ3n) is 6.04. The average molecular weight is 295 g/mol. The number of rotatable bonds is 5. The van der Waals surface area contributed by atoms with Crippen LogP contribution >= 0.6 is 0 Å². The smallest absolute Gasteiger partial charge is 0.0613 e. The fourth-order valence-corrected chi connectivity index (χ4v) is 4.88. The summed E-state index contributed by atoms with van der Waals surface area (Å²) in [5.41, 5.74) is -0.0105. The predicted molar refractivity (Wildman–Crippen MR) is 86.5 cm³/mol. The highest BCUT2D eigenvalue weighted by atomic mass is 16.3. The van der Waals surface area contributed by atoms with Crippen molar-refractivity contribution in [3.05, 3.63) is 0 Å². The number of hydrogen-bond donors (Lipinski definition) is 2. The molecule has 0 radical (unpaired) electrons. The van der Waals surface area contributed by atoms with Gasteiger partial charge in [-0.3, -0.25) is 9.80 Å². The molecule has 122 valence electrons. The van der Waals surface area contributed by atoms with E-state index in [9.17, 15) is 5.11 Å². The van der Waals surface area contributed by atoms with Gasteiger partial charge < -0.3 is 10.4 Å². The number of hydrogen-bond acceptors (Lipinski definition) is 4. The third-order valence-corrected chi connectivity index (χ3v) is 6.04. The van der Waals surface area contributed by atoms with Crippen LogP contribution in [0.25, 0.3) is 0 Å². The Morgan fingerprint density at radius 2 is 1.86 bits per heavy atom. The van der Waals surface area contributed by atoms with Crippen molar-refractivity contribution in [1.82, 2.24) is 15.1 Å². The van der Waals surface area contributed by atoms with Gasteiger partial charge in [0.15, 0.2) is 0 Å². The molecule has 0 aromatic rings. The maximum absolute atomic E-state index is 9.87. The van der Waals surface area contributed by atoms with E-state index < -0.39 is 0 Å². The number of aliphatic hydroxyl groups is 1. The highest BCUT2D eigenvalue weighted by Gasteiger charge is 2.40. The van der Waals surface area contributed by atoms with Crippen LogP contribution in [0.4, 0.5) is 0 Å². The van der Waals surface area contributed by atoms with Crippen molar-refractivity contribution >= 4 is 0 Å². The number of likely N-dealkylation sites (tertiary alicyclic amines) is 2. The van der Waals surface area contributed by atoms with Crippen LogP contribution in [0.5, 0.6) is 0 Å². The molecular formula is C17H33N3O. The van der Waals surface area contributed by atoms with Crippen LogP contribution in [0.3, 0.4) is 0 Å². The summed E-state index contributed by atoms with van der Waals surface area (Å²) in [6, 6.07) is 1.48. The Labute approximate surface area is 129 Å². The molecule has 4 nitrogen and oxygen atoms in total. The molecular weight excluding hydrogens is 262 g/mol. The van der Waals surface area contributed by atoms with E-state index in [0.29, 0.717) is 12.6 Å². The Balaban J connectivity index is 1.56. The molecule has 3 unspecified atom stereocenters. The molecule has 0 aromatic carbocycles. The fraction of sp³-hybridized carbons (Fsp3) is 1.00. The highest BCUT2D eigenvalue weighted by molar-refractivity contribution is 4.98. The molecule has 1 aliphatic carbocycles. The van der Waals surface area contributed by atoms with E-state index in [-0.39, 0.29) is 5.54 Å². The second-order valence-electron chi connectivity index (χ2n) is 7.40. The van der Waals surface area contributed by atoms with Crippen molar-refractivity contribution in [1.29, 1.82) is 0 Å². The first-order chi connectivity index (χ1) is 10.3.